The first kappa shape index (κ1) is 21.9. The highest BCUT2D eigenvalue weighted by Crippen LogP contribution is 2.28. The molecule has 1 atom stereocenters. The zero-order valence-corrected chi connectivity index (χ0v) is 17.3. The number of rotatable bonds is 9. The molecule has 0 fully saturated rings. The van der Waals surface area contributed by atoms with Crippen LogP contribution in [0.4, 0.5) is 0 Å². The van der Waals surface area contributed by atoms with Crippen molar-refractivity contribution >= 4 is 28.9 Å². The van der Waals surface area contributed by atoms with Gasteiger partial charge in [0, 0.05) is 17.0 Å². The fourth-order valence-corrected chi connectivity index (χ4v) is 2.93. The topological polar surface area (TPSA) is 110 Å². The van der Waals surface area contributed by atoms with Gasteiger partial charge in [-0.3, -0.25) is 14.8 Å². The molecule has 2 aromatic carbocycles. The second-order valence-corrected chi connectivity index (χ2v) is 6.75. The van der Waals surface area contributed by atoms with E-state index in [1.165, 1.54) is 18.2 Å². The highest BCUT2D eigenvalue weighted by Gasteiger charge is 2.11. The van der Waals surface area contributed by atoms with Crippen LogP contribution in [0.3, 0.4) is 0 Å². The fraction of sp³-hybridized carbons (Fsp3) is 0.217. The Kier molecular flexibility index (Phi) is 7.29. The zero-order chi connectivity index (χ0) is 22.2. The number of carbonyl (C=O) groups is 2. The van der Waals surface area contributed by atoms with Crippen LogP contribution in [0.15, 0.2) is 59.0 Å². The standard InChI is InChI=1S/C23H24N2O6/c1-3-17(14-30-18-9-7-15(8-10-18)23(27)25-28)24-21(26)12-11-19-13-16-5-4-6-20(29-2)22(16)31-19/h4-13,17,28H,3,14H2,1-2H3,(H,24,26)(H,25,27). The summed E-state index contributed by atoms with van der Waals surface area (Å²) in [6.07, 6.45) is 3.69. The lowest BCUT2D eigenvalue weighted by Crippen LogP contribution is -2.37. The molecule has 8 nitrogen and oxygen atoms in total. The van der Waals surface area contributed by atoms with Crippen molar-refractivity contribution in [1.82, 2.24) is 10.8 Å². The molecule has 0 aliphatic rings. The largest absolute Gasteiger partial charge is 0.493 e. The highest BCUT2D eigenvalue weighted by atomic mass is 16.5. The molecule has 0 aliphatic heterocycles. The number of fused-ring (bicyclic) bond motifs is 1. The summed E-state index contributed by atoms with van der Waals surface area (Å²) >= 11 is 0. The van der Waals surface area contributed by atoms with E-state index >= 15 is 0 Å². The molecule has 1 unspecified atom stereocenters. The van der Waals surface area contributed by atoms with E-state index in [4.69, 9.17) is 19.1 Å². The monoisotopic (exact) mass is 424 g/mol. The Hall–Kier alpha value is -3.78. The van der Waals surface area contributed by atoms with Crippen molar-refractivity contribution in [1.29, 1.82) is 0 Å². The zero-order valence-electron chi connectivity index (χ0n) is 17.3. The summed E-state index contributed by atoms with van der Waals surface area (Å²) in [5, 5.41) is 12.4. The predicted molar refractivity (Wildman–Crippen MR) is 115 cm³/mol. The van der Waals surface area contributed by atoms with E-state index in [0.29, 0.717) is 34.8 Å². The van der Waals surface area contributed by atoms with Gasteiger partial charge in [-0.15, -0.1) is 0 Å². The molecule has 8 heteroatoms. The molecular weight excluding hydrogens is 400 g/mol. The summed E-state index contributed by atoms with van der Waals surface area (Å²) in [7, 11) is 1.58. The minimum Gasteiger partial charge on any atom is -0.493 e. The third kappa shape index (κ3) is 5.64. The van der Waals surface area contributed by atoms with Crippen molar-refractivity contribution in [2.24, 2.45) is 0 Å². The molecule has 0 spiro atoms. The molecule has 31 heavy (non-hydrogen) atoms. The van der Waals surface area contributed by atoms with Crippen molar-refractivity contribution in [2.45, 2.75) is 19.4 Å². The van der Waals surface area contributed by atoms with Gasteiger partial charge < -0.3 is 19.2 Å². The summed E-state index contributed by atoms with van der Waals surface area (Å²) in [5.41, 5.74) is 2.51. The third-order valence-electron chi connectivity index (χ3n) is 4.65. The van der Waals surface area contributed by atoms with Crippen molar-refractivity contribution in [2.75, 3.05) is 13.7 Å². The van der Waals surface area contributed by atoms with Gasteiger partial charge in [0.15, 0.2) is 11.3 Å². The van der Waals surface area contributed by atoms with Gasteiger partial charge in [-0.1, -0.05) is 19.1 Å². The van der Waals surface area contributed by atoms with E-state index < -0.39 is 5.91 Å². The average Bonchev–Trinajstić information content (AvgIpc) is 3.23. The van der Waals surface area contributed by atoms with Crippen LogP contribution < -0.4 is 20.3 Å². The van der Waals surface area contributed by atoms with E-state index in [2.05, 4.69) is 5.32 Å². The maximum absolute atomic E-state index is 12.3. The van der Waals surface area contributed by atoms with Gasteiger partial charge in [0.05, 0.1) is 13.2 Å². The molecule has 2 amide bonds. The summed E-state index contributed by atoms with van der Waals surface area (Å²) in [5.74, 6) is 0.868. The van der Waals surface area contributed by atoms with Crippen LogP contribution in [0.1, 0.15) is 29.5 Å². The van der Waals surface area contributed by atoms with E-state index in [1.807, 2.05) is 31.2 Å². The molecule has 1 aromatic heterocycles. The van der Waals surface area contributed by atoms with Crippen molar-refractivity contribution in [3.8, 4) is 11.5 Å². The van der Waals surface area contributed by atoms with Crippen molar-refractivity contribution < 1.29 is 28.7 Å². The Morgan fingerprint density at radius 1 is 1.19 bits per heavy atom. The number of hydroxylamine groups is 1. The van der Waals surface area contributed by atoms with Gasteiger partial charge in [-0.2, -0.15) is 0 Å². The number of nitrogens with one attached hydrogen (secondary N) is 2. The fourth-order valence-electron chi connectivity index (χ4n) is 2.93. The molecule has 3 N–H and O–H groups in total. The van der Waals surface area contributed by atoms with Crippen LogP contribution in [0, 0.1) is 0 Å². The Morgan fingerprint density at radius 3 is 2.65 bits per heavy atom. The SMILES string of the molecule is CCC(COc1ccc(C(=O)NO)cc1)NC(=O)C=Cc1cc2cccc(OC)c2o1. The first-order valence-electron chi connectivity index (χ1n) is 9.76. The second kappa shape index (κ2) is 10.3. The number of carbonyl (C=O) groups excluding carboxylic acids is 2. The van der Waals surface area contributed by atoms with E-state index in [9.17, 15) is 9.59 Å². The Morgan fingerprint density at radius 2 is 1.97 bits per heavy atom. The van der Waals surface area contributed by atoms with Gasteiger partial charge >= 0.3 is 0 Å². The van der Waals surface area contributed by atoms with E-state index in [-0.39, 0.29) is 18.6 Å². The molecular formula is C23H24N2O6. The normalized spacial score (nSPS) is 12.0. The van der Waals surface area contributed by atoms with Crippen LogP contribution in [0.5, 0.6) is 11.5 Å². The smallest absolute Gasteiger partial charge is 0.274 e. The van der Waals surface area contributed by atoms with E-state index in [0.717, 1.165) is 5.39 Å². The van der Waals surface area contributed by atoms with Gasteiger partial charge in [0.2, 0.25) is 5.91 Å². The lowest BCUT2D eigenvalue weighted by Gasteiger charge is -2.17. The molecule has 162 valence electrons. The molecule has 0 radical (unpaired) electrons. The molecule has 0 aliphatic carbocycles. The van der Waals surface area contributed by atoms with Gasteiger partial charge in [0.1, 0.15) is 18.1 Å². The summed E-state index contributed by atoms with van der Waals surface area (Å²) < 4.78 is 16.7. The molecule has 0 bridgehead atoms. The maximum Gasteiger partial charge on any atom is 0.274 e. The lowest BCUT2D eigenvalue weighted by molar-refractivity contribution is -0.117. The first-order valence-corrected chi connectivity index (χ1v) is 9.76. The number of hydrogen-bond acceptors (Lipinski definition) is 6. The summed E-state index contributed by atoms with van der Waals surface area (Å²) in [4.78, 5) is 23.6. The Labute approximate surface area is 179 Å². The number of hydrogen-bond donors (Lipinski definition) is 3. The number of ether oxygens (including phenoxy) is 2. The highest BCUT2D eigenvalue weighted by molar-refractivity contribution is 5.93. The van der Waals surface area contributed by atoms with Gasteiger partial charge in [-0.25, -0.2) is 5.48 Å². The van der Waals surface area contributed by atoms with Crippen LogP contribution >= 0.6 is 0 Å². The molecule has 1 heterocycles. The third-order valence-corrected chi connectivity index (χ3v) is 4.65. The van der Waals surface area contributed by atoms with Crippen molar-refractivity contribution in [3.05, 3.63) is 65.9 Å². The minimum atomic E-state index is -0.597. The summed E-state index contributed by atoms with van der Waals surface area (Å²) in [6.45, 7) is 2.21. The van der Waals surface area contributed by atoms with E-state index in [1.54, 1.807) is 30.8 Å². The first-order chi connectivity index (χ1) is 15.0. The maximum atomic E-state index is 12.3. The Balaban J connectivity index is 1.55. The van der Waals surface area contributed by atoms with Gasteiger partial charge in [-0.05, 0) is 48.9 Å². The minimum absolute atomic E-state index is 0.201. The number of benzene rings is 2. The summed E-state index contributed by atoms with van der Waals surface area (Å²) in [6, 6.07) is 13.5. The Bertz CT molecular complexity index is 1070. The van der Waals surface area contributed by atoms with Gasteiger partial charge in [0.25, 0.3) is 5.91 Å². The van der Waals surface area contributed by atoms with Crippen LogP contribution in [-0.2, 0) is 4.79 Å². The number of furan rings is 1. The molecule has 0 saturated heterocycles. The molecule has 3 aromatic rings. The molecule has 0 saturated carbocycles. The van der Waals surface area contributed by atoms with Crippen LogP contribution in [0.2, 0.25) is 0 Å². The lowest BCUT2D eigenvalue weighted by atomic mass is 10.2. The predicted octanol–water partition coefficient (Wildman–Crippen LogP) is 3.55. The number of methoxy groups -OCH3 is 1. The second-order valence-electron chi connectivity index (χ2n) is 6.75. The molecule has 3 rings (SSSR count). The van der Waals surface area contributed by atoms with Crippen molar-refractivity contribution in [3.63, 3.8) is 0 Å². The average molecular weight is 424 g/mol. The number of amides is 2. The van der Waals surface area contributed by atoms with Crippen LogP contribution in [0.25, 0.3) is 17.0 Å². The van der Waals surface area contributed by atoms with Crippen LogP contribution in [-0.4, -0.2) is 36.8 Å². The quantitative estimate of drug-likeness (QED) is 0.275. The number of para-hydroxylation sites is 1.